The summed E-state index contributed by atoms with van der Waals surface area (Å²) in [6, 6.07) is 28.8. The largest absolute Gasteiger partial charge is 0.0815 e. The molecule has 0 amide bonds. The predicted molar refractivity (Wildman–Crippen MR) is 139 cm³/mol. The van der Waals surface area contributed by atoms with Gasteiger partial charge in [-0.15, -0.1) is 0 Å². The van der Waals surface area contributed by atoms with Crippen molar-refractivity contribution in [2.75, 3.05) is 0 Å². The second kappa shape index (κ2) is 10.8. The van der Waals surface area contributed by atoms with Gasteiger partial charge in [0.05, 0.1) is 31.8 Å². The van der Waals surface area contributed by atoms with Gasteiger partial charge in [-0.25, -0.2) is 0 Å². The van der Waals surface area contributed by atoms with Crippen molar-refractivity contribution >= 4 is 34.8 Å². The summed E-state index contributed by atoms with van der Waals surface area (Å²) in [4.78, 5) is 0. The first kappa shape index (κ1) is 22.6. The zero-order valence-electron chi connectivity index (χ0n) is 17.3. The van der Waals surface area contributed by atoms with Gasteiger partial charge < -0.3 is 0 Å². The predicted octanol–water partition coefficient (Wildman–Crippen LogP) is 7.85. The third kappa shape index (κ3) is 5.62. The van der Waals surface area contributed by atoms with Crippen LogP contribution in [0.3, 0.4) is 0 Å². The van der Waals surface area contributed by atoms with E-state index < -0.39 is 0 Å². The number of hydrogen-bond donors (Lipinski definition) is 0. The van der Waals surface area contributed by atoms with Gasteiger partial charge in [-0.3, -0.25) is 0 Å². The van der Waals surface area contributed by atoms with Crippen LogP contribution in [0.15, 0.2) is 91.0 Å². The maximum Gasteiger partial charge on any atom is 0.0750 e. The highest BCUT2D eigenvalue weighted by atomic mass is 35.5. The lowest BCUT2D eigenvalue weighted by atomic mass is 10.0. The molecule has 0 saturated carbocycles. The van der Waals surface area contributed by atoms with E-state index in [0.717, 1.165) is 16.7 Å². The molecule has 0 unspecified atom stereocenters. The normalized spacial score (nSPS) is 9.55. The van der Waals surface area contributed by atoms with Crippen molar-refractivity contribution in [1.82, 2.24) is 0 Å². The molecule has 0 atom stereocenters. The molecule has 0 heterocycles. The van der Waals surface area contributed by atoms with Crippen LogP contribution in [0.1, 0.15) is 33.4 Å². The van der Waals surface area contributed by atoms with Crippen molar-refractivity contribution < 1.29 is 0 Å². The first-order valence-corrected chi connectivity index (χ1v) is 11.2. The van der Waals surface area contributed by atoms with Crippen molar-refractivity contribution in [2.45, 2.75) is 0 Å². The first-order chi connectivity index (χ1) is 16.1. The van der Waals surface area contributed by atoms with Gasteiger partial charge in [-0.2, -0.15) is 0 Å². The Morgan fingerprint density at radius 1 is 0.333 bits per heavy atom. The highest BCUT2D eigenvalue weighted by Gasteiger charge is 2.18. The maximum absolute atomic E-state index is 6.72. The molecule has 0 spiro atoms. The van der Waals surface area contributed by atoms with Crippen molar-refractivity contribution in [3.05, 3.63) is 139 Å². The summed E-state index contributed by atoms with van der Waals surface area (Å²) >= 11 is 20.2. The van der Waals surface area contributed by atoms with Crippen molar-refractivity contribution in [1.29, 1.82) is 0 Å². The summed E-state index contributed by atoms with van der Waals surface area (Å²) < 4.78 is 0. The van der Waals surface area contributed by atoms with Crippen molar-refractivity contribution in [3.8, 4) is 35.5 Å². The van der Waals surface area contributed by atoms with Crippen LogP contribution < -0.4 is 0 Å². The van der Waals surface area contributed by atoms with Gasteiger partial charge in [-0.05, 0) is 36.4 Å². The maximum atomic E-state index is 6.72. The van der Waals surface area contributed by atoms with E-state index in [0.29, 0.717) is 31.8 Å². The summed E-state index contributed by atoms with van der Waals surface area (Å²) in [5, 5.41) is 0.923. The van der Waals surface area contributed by atoms with E-state index in [2.05, 4.69) is 35.5 Å². The molecule has 0 radical (unpaired) electrons. The fraction of sp³-hybridized carbons (Fsp3) is 0. The molecule has 0 N–H and O–H groups in total. The standard InChI is InChI=1S/C30H15Cl3/c31-28-25(19-16-22-10-4-1-5-11-22)29(32)27(21-18-24-14-8-3-9-15-24)30(33)26(28)20-17-23-12-6-2-7-13-23/h1-15H. The van der Waals surface area contributed by atoms with Gasteiger partial charge in [0.2, 0.25) is 0 Å². The molecule has 0 aromatic heterocycles. The Bertz CT molecular complexity index is 1260. The Labute approximate surface area is 209 Å². The minimum atomic E-state index is 0.308. The van der Waals surface area contributed by atoms with Crippen LogP contribution in [0.25, 0.3) is 0 Å². The van der Waals surface area contributed by atoms with E-state index >= 15 is 0 Å². The Hall–Kier alpha value is -3.57. The number of hydrogen-bond acceptors (Lipinski definition) is 0. The molecule has 4 aromatic rings. The van der Waals surface area contributed by atoms with Crippen LogP contribution in [-0.2, 0) is 0 Å². The summed E-state index contributed by atoms with van der Waals surface area (Å²) in [6.07, 6.45) is 0. The molecular weight excluding hydrogens is 467 g/mol. The summed E-state index contributed by atoms with van der Waals surface area (Å²) in [7, 11) is 0. The molecule has 156 valence electrons. The summed E-state index contributed by atoms with van der Waals surface area (Å²) in [6.45, 7) is 0. The summed E-state index contributed by atoms with van der Waals surface area (Å²) in [5.74, 6) is 18.6. The molecule has 0 aliphatic carbocycles. The van der Waals surface area contributed by atoms with Crippen molar-refractivity contribution in [2.24, 2.45) is 0 Å². The molecule has 4 aromatic carbocycles. The Morgan fingerprint density at radius 3 is 0.818 bits per heavy atom. The van der Waals surface area contributed by atoms with Gasteiger partial charge in [0, 0.05) is 16.7 Å². The topological polar surface area (TPSA) is 0 Å². The average molecular weight is 482 g/mol. The molecule has 0 aliphatic heterocycles. The quantitative estimate of drug-likeness (QED) is 0.224. The van der Waals surface area contributed by atoms with Crippen LogP contribution in [0.4, 0.5) is 0 Å². The van der Waals surface area contributed by atoms with Gasteiger partial charge >= 0.3 is 0 Å². The van der Waals surface area contributed by atoms with Crippen LogP contribution in [-0.4, -0.2) is 0 Å². The van der Waals surface area contributed by atoms with Crippen LogP contribution in [0, 0.1) is 35.5 Å². The Morgan fingerprint density at radius 2 is 0.576 bits per heavy atom. The molecule has 0 saturated heterocycles. The molecule has 0 aliphatic rings. The monoisotopic (exact) mass is 480 g/mol. The fourth-order valence-electron chi connectivity index (χ4n) is 2.96. The van der Waals surface area contributed by atoms with Crippen LogP contribution in [0.5, 0.6) is 0 Å². The number of benzene rings is 4. The van der Waals surface area contributed by atoms with Crippen molar-refractivity contribution in [3.63, 3.8) is 0 Å². The van der Waals surface area contributed by atoms with Gasteiger partial charge in [0.1, 0.15) is 0 Å². The average Bonchev–Trinajstić information content (AvgIpc) is 2.86. The van der Waals surface area contributed by atoms with E-state index in [1.165, 1.54) is 0 Å². The molecule has 3 heteroatoms. The van der Waals surface area contributed by atoms with Crippen LogP contribution >= 0.6 is 34.8 Å². The molecule has 0 bridgehead atoms. The zero-order valence-corrected chi connectivity index (χ0v) is 19.6. The van der Waals surface area contributed by atoms with E-state index in [9.17, 15) is 0 Å². The Balaban J connectivity index is 1.90. The number of halogens is 3. The SMILES string of the molecule is Clc1c(C#Cc2ccccc2)c(Cl)c(C#Cc2ccccc2)c(Cl)c1C#Cc1ccccc1. The van der Waals surface area contributed by atoms with E-state index in [-0.39, 0.29) is 0 Å². The van der Waals surface area contributed by atoms with E-state index in [4.69, 9.17) is 34.8 Å². The Kier molecular flexibility index (Phi) is 7.43. The van der Waals surface area contributed by atoms with E-state index in [1.54, 1.807) is 0 Å². The smallest absolute Gasteiger partial charge is 0.0750 e. The van der Waals surface area contributed by atoms with Gasteiger partial charge in [-0.1, -0.05) is 125 Å². The summed E-state index contributed by atoms with van der Waals surface area (Å²) in [5.41, 5.74) is 3.86. The van der Waals surface area contributed by atoms with Gasteiger partial charge in [0.25, 0.3) is 0 Å². The molecule has 0 nitrogen and oxygen atoms in total. The fourth-order valence-corrected chi connectivity index (χ4v) is 3.96. The molecule has 33 heavy (non-hydrogen) atoms. The third-order valence-electron chi connectivity index (χ3n) is 4.63. The molecular formula is C30H15Cl3. The number of rotatable bonds is 0. The first-order valence-electron chi connectivity index (χ1n) is 10.0. The van der Waals surface area contributed by atoms with E-state index in [1.807, 2.05) is 91.0 Å². The lowest BCUT2D eigenvalue weighted by Gasteiger charge is -2.09. The van der Waals surface area contributed by atoms with Gasteiger partial charge in [0.15, 0.2) is 0 Å². The third-order valence-corrected chi connectivity index (χ3v) is 5.77. The minimum Gasteiger partial charge on any atom is -0.0815 e. The highest BCUT2D eigenvalue weighted by molar-refractivity contribution is 6.42. The van der Waals surface area contributed by atoms with Crippen LogP contribution in [0.2, 0.25) is 15.1 Å². The minimum absolute atomic E-state index is 0.308. The highest BCUT2D eigenvalue weighted by Crippen LogP contribution is 2.37. The lowest BCUT2D eigenvalue weighted by Crippen LogP contribution is -1.94. The molecule has 0 fully saturated rings. The zero-order chi connectivity index (χ0) is 23.0. The second-order valence-electron chi connectivity index (χ2n) is 6.92. The lowest BCUT2D eigenvalue weighted by molar-refractivity contribution is 1.54. The molecule has 4 rings (SSSR count). The second-order valence-corrected chi connectivity index (χ2v) is 8.05.